The number of allylic oxidation sites excluding steroid dienone is 2. The van der Waals surface area contributed by atoms with Gasteiger partial charge in [-0.2, -0.15) is 0 Å². The fourth-order valence-electron chi connectivity index (χ4n) is 4.89. The van der Waals surface area contributed by atoms with Crippen LogP contribution in [-0.4, -0.2) is 42.1 Å². The van der Waals surface area contributed by atoms with E-state index in [9.17, 15) is 19.5 Å². The highest BCUT2D eigenvalue weighted by Crippen LogP contribution is 2.22. The van der Waals surface area contributed by atoms with Gasteiger partial charge in [-0.25, -0.2) is 0 Å². The molecule has 0 aromatic heterocycles. The first-order chi connectivity index (χ1) is 20.9. The van der Waals surface area contributed by atoms with E-state index in [4.69, 9.17) is 4.74 Å². The molecule has 3 aromatic carbocycles. The molecule has 7 nitrogen and oxygen atoms in total. The lowest BCUT2D eigenvalue weighted by Gasteiger charge is -2.24. The third kappa shape index (κ3) is 11.4. The van der Waals surface area contributed by atoms with Crippen LogP contribution in [0, 0.1) is 11.8 Å². The van der Waals surface area contributed by atoms with Crippen LogP contribution in [0.5, 0.6) is 0 Å². The maximum absolute atomic E-state index is 13.3. The second kappa shape index (κ2) is 18.1. The molecule has 3 aromatic rings. The minimum absolute atomic E-state index is 0.0449. The van der Waals surface area contributed by atoms with Gasteiger partial charge in [-0.1, -0.05) is 103 Å². The van der Waals surface area contributed by atoms with E-state index in [0.29, 0.717) is 19.3 Å². The van der Waals surface area contributed by atoms with Gasteiger partial charge in [-0.05, 0) is 42.4 Å². The van der Waals surface area contributed by atoms with Crippen molar-refractivity contribution in [3.8, 4) is 0 Å². The number of esters is 1. The molecular weight excluding hydrogens is 540 g/mol. The number of amides is 2. The van der Waals surface area contributed by atoms with Crippen molar-refractivity contribution in [2.75, 3.05) is 13.2 Å². The molecule has 0 spiro atoms. The first kappa shape index (κ1) is 33.0. The van der Waals surface area contributed by atoms with Crippen LogP contribution in [-0.2, 0) is 32.0 Å². The molecule has 3 rings (SSSR count). The van der Waals surface area contributed by atoms with Crippen molar-refractivity contribution in [1.82, 2.24) is 10.6 Å². The van der Waals surface area contributed by atoms with Gasteiger partial charge in [0.25, 0.3) is 0 Å². The third-order valence-electron chi connectivity index (χ3n) is 7.17. The number of hydrogen-bond donors (Lipinski definition) is 3. The number of nitrogens with one attached hydrogen (secondary N) is 2. The fourth-order valence-corrected chi connectivity index (χ4v) is 4.89. The van der Waals surface area contributed by atoms with E-state index in [0.717, 1.165) is 16.7 Å². The second-order valence-corrected chi connectivity index (χ2v) is 10.6. The number of benzene rings is 3. The van der Waals surface area contributed by atoms with Gasteiger partial charge < -0.3 is 20.5 Å². The molecule has 0 saturated carbocycles. The Balaban J connectivity index is 1.64. The summed E-state index contributed by atoms with van der Waals surface area (Å²) in [4.78, 5) is 39.5. The summed E-state index contributed by atoms with van der Waals surface area (Å²) in [5.41, 5.74) is 2.76. The van der Waals surface area contributed by atoms with Crippen molar-refractivity contribution in [3.05, 3.63) is 133 Å². The minimum atomic E-state index is -0.719. The molecular formula is C36H42N2O5. The molecule has 0 unspecified atom stereocenters. The molecule has 7 heteroatoms. The third-order valence-corrected chi connectivity index (χ3v) is 7.17. The van der Waals surface area contributed by atoms with Crippen molar-refractivity contribution in [1.29, 1.82) is 0 Å². The van der Waals surface area contributed by atoms with E-state index >= 15 is 0 Å². The van der Waals surface area contributed by atoms with Gasteiger partial charge in [0.1, 0.15) is 6.10 Å². The SMILES string of the molecule is C=CC[C@@H](CC(=O)N[C@H](CO)Cc1ccccc1)C(=O)NC[C@H](OC(=O)[C@H](CC=C)Cc1ccccc1)c1ccccc1. The average molecular weight is 583 g/mol. The Bertz CT molecular complexity index is 1300. The van der Waals surface area contributed by atoms with Crippen LogP contribution in [0.25, 0.3) is 0 Å². The van der Waals surface area contributed by atoms with E-state index in [2.05, 4.69) is 23.8 Å². The summed E-state index contributed by atoms with van der Waals surface area (Å²) in [7, 11) is 0. The number of ether oxygens (including phenoxy) is 1. The normalized spacial score (nSPS) is 13.5. The average Bonchev–Trinajstić information content (AvgIpc) is 3.03. The van der Waals surface area contributed by atoms with E-state index in [1.165, 1.54) is 0 Å². The number of aliphatic hydroxyl groups is 1. The lowest BCUT2D eigenvalue weighted by molar-refractivity contribution is -0.154. The smallest absolute Gasteiger partial charge is 0.310 e. The summed E-state index contributed by atoms with van der Waals surface area (Å²) in [5, 5.41) is 15.5. The van der Waals surface area contributed by atoms with Gasteiger partial charge in [0, 0.05) is 6.42 Å². The Morgan fingerprint density at radius 3 is 1.86 bits per heavy atom. The summed E-state index contributed by atoms with van der Waals surface area (Å²) in [6.07, 6.45) is 4.25. The molecule has 0 radical (unpaired) electrons. The zero-order valence-electron chi connectivity index (χ0n) is 24.6. The lowest BCUT2D eigenvalue weighted by Crippen LogP contribution is -2.42. The molecule has 3 N–H and O–H groups in total. The highest BCUT2D eigenvalue weighted by atomic mass is 16.5. The van der Waals surface area contributed by atoms with E-state index < -0.39 is 24.0 Å². The number of rotatable bonds is 18. The highest BCUT2D eigenvalue weighted by molar-refractivity contribution is 5.86. The summed E-state index contributed by atoms with van der Waals surface area (Å²) in [6, 6.07) is 28.1. The molecule has 0 bridgehead atoms. The van der Waals surface area contributed by atoms with Crippen molar-refractivity contribution >= 4 is 17.8 Å². The van der Waals surface area contributed by atoms with E-state index in [1.54, 1.807) is 12.2 Å². The number of carbonyl (C=O) groups excluding carboxylic acids is 3. The maximum atomic E-state index is 13.3. The Morgan fingerprint density at radius 2 is 1.30 bits per heavy atom. The van der Waals surface area contributed by atoms with Crippen LogP contribution in [0.3, 0.4) is 0 Å². The standard InChI is InChI=1S/C36H42N2O5/c1-3-14-30(24-34(40)38-32(26-39)23-28-18-10-6-11-19-28)35(41)37-25-33(29-20-12-7-13-21-29)43-36(42)31(15-4-2)22-27-16-8-5-9-17-27/h3-13,16-21,30-33,39H,1-2,14-15,22-26H2,(H,37,41)(H,38,40)/t30-,31+,32-,33-/m0/s1. The lowest BCUT2D eigenvalue weighted by atomic mass is 9.96. The first-order valence-electron chi connectivity index (χ1n) is 14.7. The van der Waals surface area contributed by atoms with Gasteiger partial charge in [-0.15, -0.1) is 13.2 Å². The van der Waals surface area contributed by atoms with Crippen LogP contribution in [0.1, 0.15) is 42.1 Å². The summed E-state index contributed by atoms with van der Waals surface area (Å²) < 4.78 is 5.99. The Labute approximate surface area is 254 Å². The monoisotopic (exact) mass is 582 g/mol. The van der Waals surface area contributed by atoms with Gasteiger partial charge in [-0.3, -0.25) is 14.4 Å². The Kier molecular flexibility index (Phi) is 13.9. The maximum Gasteiger partial charge on any atom is 0.310 e. The van der Waals surface area contributed by atoms with Crippen molar-refractivity contribution in [2.45, 2.75) is 44.2 Å². The molecule has 43 heavy (non-hydrogen) atoms. The van der Waals surface area contributed by atoms with E-state index in [-0.39, 0.29) is 43.8 Å². The van der Waals surface area contributed by atoms with Gasteiger partial charge in [0.2, 0.25) is 11.8 Å². The van der Waals surface area contributed by atoms with Crippen molar-refractivity contribution in [3.63, 3.8) is 0 Å². The number of hydrogen-bond acceptors (Lipinski definition) is 5. The zero-order chi connectivity index (χ0) is 30.9. The molecule has 226 valence electrons. The molecule has 0 aliphatic carbocycles. The zero-order valence-corrected chi connectivity index (χ0v) is 24.6. The highest BCUT2D eigenvalue weighted by Gasteiger charge is 2.27. The summed E-state index contributed by atoms with van der Waals surface area (Å²) >= 11 is 0. The van der Waals surface area contributed by atoms with E-state index in [1.807, 2.05) is 91.0 Å². The molecule has 4 atom stereocenters. The predicted octanol–water partition coefficient (Wildman–Crippen LogP) is 5.12. The van der Waals surface area contributed by atoms with Crippen LogP contribution in [0.2, 0.25) is 0 Å². The van der Waals surface area contributed by atoms with Gasteiger partial charge >= 0.3 is 5.97 Å². The molecule has 0 saturated heterocycles. The van der Waals surface area contributed by atoms with Crippen molar-refractivity contribution in [2.24, 2.45) is 11.8 Å². The number of aliphatic hydroxyl groups excluding tert-OH is 1. The second-order valence-electron chi connectivity index (χ2n) is 10.6. The summed E-state index contributed by atoms with van der Waals surface area (Å²) in [6.45, 7) is 7.38. The minimum Gasteiger partial charge on any atom is -0.455 e. The topological polar surface area (TPSA) is 105 Å². The van der Waals surface area contributed by atoms with Crippen LogP contribution in [0.4, 0.5) is 0 Å². The fraction of sp³-hybridized carbons (Fsp3) is 0.306. The Morgan fingerprint density at radius 1 is 0.767 bits per heavy atom. The van der Waals surface area contributed by atoms with Gasteiger partial charge in [0.15, 0.2) is 0 Å². The Hall–Kier alpha value is -4.49. The molecule has 0 heterocycles. The predicted molar refractivity (Wildman–Crippen MR) is 169 cm³/mol. The largest absolute Gasteiger partial charge is 0.455 e. The molecule has 0 aliphatic heterocycles. The van der Waals surface area contributed by atoms with Crippen LogP contribution < -0.4 is 10.6 Å². The van der Waals surface area contributed by atoms with Crippen molar-refractivity contribution < 1.29 is 24.2 Å². The van der Waals surface area contributed by atoms with Crippen LogP contribution in [0.15, 0.2) is 116 Å². The summed E-state index contributed by atoms with van der Waals surface area (Å²) in [5.74, 6) is -2.15. The molecule has 0 aliphatic rings. The molecule has 2 amide bonds. The number of carbonyl (C=O) groups is 3. The quantitative estimate of drug-likeness (QED) is 0.143. The van der Waals surface area contributed by atoms with Crippen LogP contribution >= 0.6 is 0 Å². The molecule has 0 fully saturated rings. The van der Waals surface area contributed by atoms with Gasteiger partial charge in [0.05, 0.1) is 31.0 Å². The first-order valence-corrected chi connectivity index (χ1v) is 14.7.